The topological polar surface area (TPSA) is 114 Å². The van der Waals surface area contributed by atoms with Crippen LogP contribution in [0.4, 0.5) is 0 Å². The lowest BCUT2D eigenvalue weighted by Crippen LogP contribution is -2.23. The van der Waals surface area contributed by atoms with Crippen LogP contribution in [0.25, 0.3) is 0 Å². The van der Waals surface area contributed by atoms with Crippen LogP contribution >= 0.6 is 11.8 Å². The first-order valence-corrected chi connectivity index (χ1v) is 7.55. The molecule has 0 saturated carbocycles. The van der Waals surface area contributed by atoms with Gasteiger partial charge in [0.25, 0.3) is 0 Å². The van der Waals surface area contributed by atoms with Gasteiger partial charge in [0.05, 0.1) is 18.7 Å². The molecule has 122 valence electrons. The van der Waals surface area contributed by atoms with E-state index in [2.05, 4.69) is 0 Å². The molecule has 1 heterocycles. The third-order valence-corrected chi connectivity index (χ3v) is 4.14. The van der Waals surface area contributed by atoms with Crippen LogP contribution in [0.1, 0.15) is 29.5 Å². The third-order valence-electron chi connectivity index (χ3n) is 2.90. The minimum Gasteiger partial charge on any atom is -0.496 e. The molecular weight excluding hydrogens is 312 g/mol. The van der Waals surface area contributed by atoms with Gasteiger partial charge in [0.1, 0.15) is 11.5 Å². The van der Waals surface area contributed by atoms with Gasteiger partial charge in [-0.2, -0.15) is 11.8 Å². The minimum atomic E-state index is -1.46. The Morgan fingerprint density at radius 3 is 2.64 bits per heavy atom. The number of carboxylic acids is 1. The Morgan fingerprint density at radius 1 is 1.45 bits per heavy atom. The number of hydrogen-bond acceptors (Lipinski definition) is 7. The quantitative estimate of drug-likeness (QED) is 0.681. The lowest BCUT2D eigenvalue weighted by molar-refractivity contribution is -0.145. The van der Waals surface area contributed by atoms with E-state index in [4.69, 9.17) is 14.3 Å². The number of Topliss-reactive ketones (excluding diaryl/α,β-unsaturated/α-hetero) is 1. The summed E-state index contributed by atoms with van der Waals surface area (Å²) in [7, 11) is 1.35. The summed E-state index contributed by atoms with van der Waals surface area (Å²) in [5.41, 5.74) is -0.397. The molecule has 0 saturated heterocycles. The Balaban J connectivity index is 2.77. The molecule has 1 aromatic heterocycles. The fourth-order valence-electron chi connectivity index (χ4n) is 1.83. The first-order valence-electron chi connectivity index (χ1n) is 6.50. The monoisotopic (exact) mass is 330 g/mol. The highest BCUT2D eigenvalue weighted by atomic mass is 32.2. The van der Waals surface area contributed by atoms with E-state index in [0.29, 0.717) is 0 Å². The number of ketones is 1. The Hall–Kier alpha value is -1.80. The van der Waals surface area contributed by atoms with Gasteiger partial charge in [0.2, 0.25) is 0 Å². The van der Waals surface area contributed by atoms with Gasteiger partial charge in [0.15, 0.2) is 11.9 Å². The van der Waals surface area contributed by atoms with E-state index in [-0.39, 0.29) is 40.3 Å². The smallest absolute Gasteiger partial charge is 0.339 e. The van der Waals surface area contributed by atoms with Crippen molar-refractivity contribution in [2.45, 2.75) is 31.6 Å². The van der Waals surface area contributed by atoms with Crippen molar-refractivity contribution in [3.05, 3.63) is 27.8 Å². The molecule has 1 aromatic rings. The lowest BCUT2D eigenvalue weighted by atomic mass is 10.1. The largest absolute Gasteiger partial charge is 0.496 e. The molecule has 22 heavy (non-hydrogen) atoms. The summed E-state index contributed by atoms with van der Waals surface area (Å²) >= 11 is 1.17. The van der Waals surface area contributed by atoms with Crippen molar-refractivity contribution in [2.24, 2.45) is 0 Å². The molecule has 0 spiro atoms. The van der Waals surface area contributed by atoms with E-state index >= 15 is 0 Å². The summed E-state index contributed by atoms with van der Waals surface area (Å²) in [4.78, 5) is 34.1. The number of aliphatic carboxylic acids is 1. The Morgan fingerprint density at radius 2 is 2.09 bits per heavy atom. The van der Waals surface area contributed by atoms with Gasteiger partial charge in [-0.25, -0.2) is 9.59 Å². The molecule has 0 aliphatic carbocycles. The number of rotatable bonds is 8. The summed E-state index contributed by atoms with van der Waals surface area (Å²) in [6.07, 6.45) is -1.37. The van der Waals surface area contributed by atoms with Gasteiger partial charge in [-0.05, 0) is 6.92 Å². The minimum absolute atomic E-state index is 0.0101. The summed E-state index contributed by atoms with van der Waals surface area (Å²) in [6, 6.07) is 1.10. The molecule has 0 aliphatic rings. The fourth-order valence-corrected chi connectivity index (χ4v) is 2.75. The second kappa shape index (κ2) is 8.00. The van der Waals surface area contributed by atoms with Gasteiger partial charge >= 0.3 is 11.6 Å². The van der Waals surface area contributed by atoms with Gasteiger partial charge < -0.3 is 19.4 Å². The number of thioether (sulfide) groups is 1. The average molecular weight is 330 g/mol. The van der Waals surface area contributed by atoms with Crippen LogP contribution < -0.4 is 10.4 Å². The third kappa shape index (κ3) is 4.88. The SMILES string of the molecule is COc1cc(=O)oc(C)c1C(=O)C[C@H](C)SC[C@H](O)C(=O)O. The predicted molar refractivity (Wildman–Crippen MR) is 80.8 cm³/mol. The zero-order chi connectivity index (χ0) is 16.9. The molecule has 0 amide bonds. The highest BCUT2D eigenvalue weighted by Gasteiger charge is 2.22. The molecule has 1 rings (SSSR count). The fraction of sp³-hybridized carbons (Fsp3) is 0.500. The first kappa shape index (κ1) is 18.2. The van der Waals surface area contributed by atoms with E-state index in [0.717, 1.165) is 6.07 Å². The van der Waals surface area contributed by atoms with E-state index < -0.39 is 17.7 Å². The highest BCUT2D eigenvalue weighted by Crippen LogP contribution is 2.24. The predicted octanol–water partition coefficient (Wildman–Crippen LogP) is 1.10. The number of carbonyl (C=O) groups is 2. The number of aliphatic hydroxyl groups is 1. The van der Waals surface area contributed by atoms with Gasteiger partial charge in [-0.3, -0.25) is 4.79 Å². The number of aliphatic hydroxyl groups excluding tert-OH is 1. The van der Waals surface area contributed by atoms with E-state index in [1.54, 1.807) is 6.92 Å². The number of ether oxygens (including phenoxy) is 1. The maximum absolute atomic E-state index is 12.3. The Labute approximate surface area is 131 Å². The molecule has 2 N–H and O–H groups in total. The lowest BCUT2D eigenvalue weighted by Gasteiger charge is -2.14. The summed E-state index contributed by atoms with van der Waals surface area (Å²) < 4.78 is 9.94. The molecule has 7 nitrogen and oxygen atoms in total. The van der Waals surface area contributed by atoms with Crippen LogP contribution in [0.2, 0.25) is 0 Å². The molecule has 0 aromatic carbocycles. The Bertz CT molecular complexity index is 608. The maximum atomic E-state index is 12.3. The standard InChI is InChI=1S/C14H18O7S/c1-7(22-6-10(16)14(18)19)4-9(15)13-8(2)21-12(17)5-11(13)20-3/h5,7,10,16H,4,6H2,1-3H3,(H,18,19)/t7-,10-/m0/s1. The van der Waals surface area contributed by atoms with Crippen molar-refractivity contribution in [3.63, 3.8) is 0 Å². The normalized spacial score (nSPS) is 13.5. The van der Waals surface area contributed by atoms with Crippen LogP contribution in [0, 0.1) is 6.92 Å². The molecule has 0 aliphatic heterocycles. The van der Waals surface area contributed by atoms with E-state index in [9.17, 15) is 19.5 Å². The van der Waals surface area contributed by atoms with Crippen molar-refractivity contribution in [2.75, 3.05) is 12.9 Å². The van der Waals surface area contributed by atoms with Crippen molar-refractivity contribution >= 4 is 23.5 Å². The van der Waals surface area contributed by atoms with Crippen LogP contribution in [0.15, 0.2) is 15.3 Å². The summed E-state index contributed by atoms with van der Waals surface area (Å²) in [5.74, 6) is -1.25. The first-order chi connectivity index (χ1) is 10.3. The van der Waals surface area contributed by atoms with E-state index in [1.807, 2.05) is 0 Å². The van der Waals surface area contributed by atoms with Crippen LogP contribution in [-0.2, 0) is 4.79 Å². The molecule has 8 heteroatoms. The summed E-state index contributed by atoms with van der Waals surface area (Å²) in [5, 5.41) is 17.6. The number of aryl methyl sites for hydroxylation is 1. The number of methoxy groups -OCH3 is 1. The van der Waals surface area contributed by atoms with Gasteiger partial charge in [0, 0.05) is 17.4 Å². The highest BCUT2D eigenvalue weighted by molar-refractivity contribution is 7.99. The molecule has 0 bridgehead atoms. The van der Waals surface area contributed by atoms with E-state index in [1.165, 1.54) is 25.8 Å². The maximum Gasteiger partial charge on any atom is 0.339 e. The Kier molecular flexibility index (Phi) is 6.63. The molecule has 2 atom stereocenters. The molecular formula is C14H18O7S. The number of hydrogen-bond donors (Lipinski definition) is 2. The van der Waals surface area contributed by atoms with Gasteiger partial charge in [-0.15, -0.1) is 0 Å². The van der Waals surface area contributed by atoms with Crippen molar-refractivity contribution < 1.29 is 29.0 Å². The summed E-state index contributed by atoms with van der Waals surface area (Å²) in [6.45, 7) is 3.25. The zero-order valence-electron chi connectivity index (χ0n) is 12.5. The second-order valence-corrected chi connectivity index (χ2v) is 6.16. The van der Waals surface area contributed by atoms with Crippen molar-refractivity contribution in [1.29, 1.82) is 0 Å². The van der Waals surface area contributed by atoms with Crippen LogP contribution in [0.5, 0.6) is 5.75 Å². The van der Waals surface area contributed by atoms with Crippen LogP contribution in [0.3, 0.4) is 0 Å². The second-order valence-electron chi connectivity index (χ2n) is 4.69. The van der Waals surface area contributed by atoms with Crippen molar-refractivity contribution in [1.82, 2.24) is 0 Å². The number of carboxylic acid groups (broad SMARTS) is 1. The molecule has 0 unspecified atom stereocenters. The van der Waals surface area contributed by atoms with Gasteiger partial charge in [-0.1, -0.05) is 6.92 Å². The zero-order valence-corrected chi connectivity index (χ0v) is 13.3. The van der Waals surface area contributed by atoms with Crippen molar-refractivity contribution in [3.8, 4) is 5.75 Å². The molecule has 0 fully saturated rings. The number of carbonyl (C=O) groups excluding carboxylic acids is 1. The van der Waals surface area contributed by atoms with Crippen LogP contribution in [-0.4, -0.2) is 46.2 Å². The molecule has 0 radical (unpaired) electrons. The average Bonchev–Trinajstić information content (AvgIpc) is 2.43.